The van der Waals surface area contributed by atoms with Gasteiger partial charge in [0.25, 0.3) is 0 Å². The minimum Gasteiger partial charge on any atom is -0.340 e. The number of carbonyl (C=O) groups excluding carboxylic acids is 2. The predicted molar refractivity (Wildman–Crippen MR) is 81.3 cm³/mol. The van der Waals surface area contributed by atoms with Gasteiger partial charge in [0.2, 0.25) is 11.8 Å². The van der Waals surface area contributed by atoms with Crippen molar-refractivity contribution in [1.82, 2.24) is 10.2 Å². The molecule has 1 fully saturated rings. The van der Waals surface area contributed by atoms with Gasteiger partial charge in [-0.15, -0.1) is 0 Å². The van der Waals surface area contributed by atoms with E-state index in [0.717, 1.165) is 12.8 Å². The molecule has 0 radical (unpaired) electrons. The van der Waals surface area contributed by atoms with E-state index in [4.69, 9.17) is 0 Å². The van der Waals surface area contributed by atoms with Crippen LogP contribution in [0.25, 0.3) is 0 Å². The second-order valence-corrected chi connectivity index (χ2v) is 6.37. The molecular formula is C16H30N2O2. The van der Waals surface area contributed by atoms with Crippen molar-refractivity contribution in [3.63, 3.8) is 0 Å². The quantitative estimate of drug-likeness (QED) is 0.814. The number of amides is 2. The smallest absolute Gasteiger partial charge is 0.248 e. The Morgan fingerprint density at radius 3 is 2.00 bits per heavy atom. The molecule has 1 N–H and O–H groups in total. The van der Waals surface area contributed by atoms with Crippen LogP contribution in [0.5, 0.6) is 0 Å². The summed E-state index contributed by atoms with van der Waals surface area (Å²) in [5.41, 5.74) is -1.47. The molecule has 1 aliphatic heterocycles. The SMILES string of the molecule is CCC(CC)CN1C(=O)C(C)(CC)NC(=O)C1(C)CC. The van der Waals surface area contributed by atoms with E-state index in [9.17, 15) is 9.59 Å². The van der Waals surface area contributed by atoms with E-state index in [1.165, 1.54) is 0 Å². The van der Waals surface area contributed by atoms with Crippen LogP contribution in [0.2, 0.25) is 0 Å². The third-order valence-electron chi connectivity index (χ3n) is 5.18. The van der Waals surface area contributed by atoms with E-state index in [1.54, 1.807) is 0 Å². The first kappa shape index (κ1) is 17.0. The molecule has 20 heavy (non-hydrogen) atoms. The molecule has 0 aromatic rings. The van der Waals surface area contributed by atoms with Crippen molar-refractivity contribution in [3.05, 3.63) is 0 Å². The molecule has 1 rings (SSSR count). The van der Waals surface area contributed by atoms with Gasteiger partial charge in [-0.05, 0) is 32.6 Å². The van der Waals surface area contributed by atoms with Crippen LogP contribution in [0, 0.1) is 5.92 Å². The molecular weight excluding hydrogens is 252 g/mol. The Balaban J connectivity index is 3.15. The standard InChI is InChI=1S/C16H30N2O2/c1-7-12(8-2)11-18-14(20)15(5,9-3)17-13(19)16(18,6)10-4/h12H,7-11H2,1-6H3,(H,17,19). The molecule has 0 spiro atoms. The van der Waals surface area contributed by atoms with Crippen LogP contribution < -0.4 is 5.32 Å². The summed E-state index contributed by atoms with van der Waals surface area (Å²) in [5.74, 6) is 0.502. The second kappa shape index (κ2) is 6.15. The van der Waals surface area contributed by atoms with Crippen molar-refractivity contribution in [2.75, 3.05) is 6.54 Å². The zero-order valence-electron chi connectivity index (χ0n) is 13.9. The summed E-state index contributed by atoms with van der Waals surface area (Å²) < 4.78 is 0. The van der Waals surface area contributed by atoms with Crippen LogP contribution in [0.1, 0.15) is 67.2 Å². The van der Waals surface area contributed by atoms with Gasteiger partial charge in [-0.1, -0.05) is 40.5 Å². The number of carbonyl (C=O) groups is 2. The Bertz CT molecular complexity index is 379. The maximum atomic E-state index is 12.9. The molecule has 4 heteroatoms. The van der Waals surface area contributed by atoms with Crippen LogP contribution in [0.4, 0.5) is 0 Å². The summed E-state index contributed by atoms with van der Waals surface area (Å²) in [4.78, 5) is 27.2. The Morgan fingerprint density at radius 2 is 1.60 bits per heavy atom. The normalized spacial score (nSPS) is 30.9. The molecule has 0 aromatic heterocycles. The van der Waals surface area contributed by atoms with Gasteiger partial charge in [-0.3, -0.25) is 9.59 Å². The molecule has 1 heterocycles. The lowest BCUT2D eigenvalue weighted by atomic mass is 9.83. The van der Waals surface area contributed by atoms with E-state index in [2.05, 4.69) is 19.2 Å². The van der Waals surface area contributed by atoms with Crippen molar-refractivity contribution >= 4 is 11.8 Å². The third kappa shape index (κ3) is 2.70. The number of hydrogen-bond acceptors (Lipinski definition) is 2. The van der Waals surface area contributed by atoms with Crippen LogP contribution in [-0.2, 0) is 9.59 Å². The maximum Gasteiger partial charge on any atom is 0.248 e. The zero-order valence-corrected chi connectivity index (χ0v) is 13.9. The van der Waals surface area contributed by atoms with Crippen molar-refractivity contribution in [2.45, 2.75) is 78.3 Å². The first-order valence-corrected chi connectivity index (χ1v) is 7.93. The molecule has 1 saturated heterocycles. The van der Waals surface area contributed by atoms with Gasteiger partial charge in [-0.2, -0.15) is 0 Å². The largest absolute Gasteiger partial charge is 0.340 e. The first-order chi connectivity index (χ1) is 9.28. The molecule has 2 unspecified atom stereocenters. The Hall–Kier alpha value is -1.06. The van der Waals surface area contributed by atoms with E-state index >= 15 is 0 Å². The summed E-state index contributed by atoms with van der Waals surface area (Å²) in [6, 6.07) is 0. The summed E-state index contributed by atoms with van der Waals surface area (Å²) in [5, 5.41) is 2.94. The fourth-order valence-electron chi connectivity index (χ4n) is 2.76. The lowest BCUT2D eigenvalue weighted by molar-refractivity contribution is -0.163. The van der Waals surface area contributed by atoms with Gasteiger partial charge in [0.05, 0.1) is 0 Å². The highest BCUT2D eigenvalue weighted by Gasteiger charge is 2.52. The first-order valence-electron chi connectivity index (χ1n) is 7.93. The molecule has 1 aliphatic rings. The molecule has 0 aliphatic carbocycles. The fourth-order valence-corrected chi connectivity index (χ4v) is 2.76. The topological polar surface area (TPSA) is 49.4 Å². The number of hydrogen-bond donors (Lipinski definition) is 1. The van der Waals surface area contributed by atoms with Crippen LogP contribution >= 0.6 is 0 Å². The minimum atomic E-state index is -0.752. The van der Waals surface area contributed by atoms with Crippen molar-refractivity contribution in [3.8, 4) is 0 Å². The Morgan fingerprint density at radius 1 is 1.05 bits per heavy atom. The lowest BCUT2D eigenvalue weighted by Gasteiger charge is -2.50. The summed E-state index contributed by atoms with van der Waals surface area (Å²) in [6.45, 7) is 12.6. The fraction of sp³-hybridized carbons (Fsp3) is 0.875. The van der Waals surface area contributed by atoms with Crippen molar-refractivity contribution in [2.24, 2.45) is 5.92 Å². The van der Waals surface area contributed by atoms with Crippen LogP contribution in [0.3, 0.4) is 0 Å². The summed E-state index contributed by atoms with van der Waals surface area (Å²) in [7, 11) is 0. The lowest BCUT2D eigenvalue weighted by Crippen LogP contribution is -2.74. The van der Waals surface area contributed by atoms with E-state index < -0.39 is 11.1 Å². The maximum absolute atomic E-state index is 12.9. The van der Waals surface area contributed by atoms with Crippen molar-refractivity contribution in [1.29, 1.82) is 0 Å². The summed E-state index contributed by atoms with van der Waals surface area (Å²) in [6.07, 6.45) is 3.33. The number of nitrogens with zero attached hydrogens (tertiary/aromatic N) is 1. The zero-order chi connectivity index (χ0) is 15.6. The molecule has 4 nitrogen and oxygen atoms in total. The predicted octanol–water partition coefficient (Wildman–Crippen LogP) is 2.72. The minimum absolute atomic E-state index is 0.0186. The number of piperazine rings is 1. The summed E-state index contributed by atoms with van der Waals surface area (Å²) >= 11 is 0. The molecule has 0 aromatic carbocycles. The Kier molecular flexibility index (Phi) is 5.22. The Labute approximate surface area is 123 Å². The van der Waals surface area contributed by atoms with Gasteiger partial charge in [0.15, 0.2) is 0 Å². The number of nitrogens with one attached hydrogen (secondary N) is 1. The van der Waals surface area contributed by atoms with Crippen LogP contribution in [0.15, 0.2) is 0 Å². The molecule has 116 valence electrons. The molecule has 2 amide bonds. The molecule has 0 bridgehead atoms. The van der Waals surface area contributed by atoms with Gasteiger partial charge < -0.3 is 10.2 Å². The average molecular weight is 282 g/mol. The number of rotatable bonds is 6. The molecule has 0 saturated carbocycles. The monoisotopic (exact) mass is 282 g/mol. The van der Waals surface area contributed by atoms with Gasteiger partial charge in [0.1, 0.15) is 11.1 Å². The van der Waals surface area contributed by atoms with Gasteiger partial charge in [0, 0.05) is 6.54 Å². The highest BCUT2D eigenvalue weighted by Crippen LogP contribution is 2.32. The van der Waals surface area contributed by atoms with Gasteiger partial charge >= 0.3 is 0 Å². The van der Waals surface area contributed by atoms with Crippen LogP contribution in [-0.4, -0.2) is 34.3 Å². The van der Waals surface area contributed by atoms with Crippen molar-refractivity contribution < 1.29 is 9.59 Å². The van der Waals surface area contributed by atoms with E-state index in [1.807, 2.05) is 32.6 Å². The van der Waals surface area contributed by atoms with E-state index in [0.29, 0.717) is 25.3 Å². The highest BCUT2D eigenvalue weighted by atomic mass is 16.2. The second-order valence-electron chi connectivity index (χ2n) is 6.37. The average Bonchev–Trinajstić information content (AvgIpc) is 2.45. The molecule has 2 atom stereocenters. The van der Waals surface area contributed by atoms with E-state index in [-0.39, 0.29) is 11.8 Å². The van der Waals surface area contributed by atoms with Gasteiger partial charge in [-0.25, -0.2) is 0 Å². The third-order valence-corrected chi connectivity index (χ3v) is 5.18. The highest BCUT2D eigenvalue weighted by molar-refractivity contribution is 6.01.